The van der Waals surface area contributed by atoms with Crippen molar-refractivity contribution in [2.24, 2.45) is 0 Å². The molecule has 2 heterocycles. The van der Waals surface area contributed by atoms with Crippen molar-refractivity contribution in [3.63, 3.8) is 0 Å². The molecular formula is C26H32FN3O. The van der Waals surface area contributed by atoms with Crippen molar-refractivity contribution < 1.29 is 9.18 Å². The highest BCUT2D eigenvalue weighted by molar-refractivity contribution is 5.55. The first-order valence-electron chi connectivity index (χ1n) is 11.8. The SMILES string of the molecule is O=CNC(C1CCc2ccc(N3CCCC3)cc21)N1CCC(c2ccc(F)cc2)CC1. The second-order valence-electron chi connectivity index (χ2n) is 9.31. The lowest BCUT2D eigenvalue weighted by molar-refractivity contribution is -0.111. The topological polar surface area (TPSA) is 35.6 Å². The molecule has 2 aliphatic heterocycles. The number of carbonyl (C=O) groups excluding carboxylic acids is 1. The predicted molar refractivity (Wildman–Crippen MR) is 122 cm³/mol. The van der Waals surface area contributed by atoms with E-state index >= 15 is 0 Å². The fourth-order valence-corrected chi connectivity index (χ4v) is 5.91. The number of anilines is 1. The summed E-state index contributed by atoms with van der Waals surface area (Å²) in [6, 6.07) is 13.9. The summed E-state index contributed by atoms with van der Waals surface area (Å²) in [5.41, 5.74) is 5.42. The summed E-state index contributed by atoms with van der Waals surface area (Å²) in [6.07, 6.45) is 7.72. The van der Waals surface area contributed by atoms with Gasteiger partial charge in [-0.1, -0.05) is 18.2 Å². The zero-order chi connectivity index (χ0) is 21.2. The third-order valence-electron chi connectivity index (χ3n) is 7.61. The number of aryl methyl sites for hydroxylation is 1. The minimum Gasteiger partial charge on any atom is -0.372 e. The van der Waals surface area contributed by atoms with Gasteiger partial charge in [-0.05, 0) is 85.4 Å². The Bertz CT molecular complexity index is 901. The Kier molecular flexibility index (Phi) is 5.95. The minimum atomic E-state index is -0.176. The maximum absolute atomic E-state index is 13.3. The first-order valence-corrected chi connectivity index (χ1v) is 11.8. The van der Waals surface area contributed by atoms with Crippen LogP contribution in [0.5, 0.6) is 0 Å². The van der Waals surface area contributed by atoms with E-state index in [2.05, 4.69) is 33.3 Å². The van der Waals surface area contributed by atoms with E-state index < -0.39 is 0 Å². The molecular weight excluding hydrogens is 389 g/mol. The molecule has 5 heteroatoms. The monoisotopic (exact) mass is 421 g/mol. The first-order chi connectivity index (χ1) is 15.2. The number of nitrogens with zero attached hydrogens (tertiary/aromatic N) is 2. The molecule has 164 valence electrons. The highest BCUT2D eigenvalue weighted by Crippen LogP contribution is 2.40. The molecule has 0 bridgehead atoms. The van der Waals surface area contributed by atoms with Gasteiger partial charge in [-0.3, -0.25) is 9.69 Å². The molecule has 31 heavy (non-hydrogen) atoms. The van der Waals surface area contributed by atoms with E-state index in [-0.39, 0.29) is 12.0 Å². The summed E-state index contributed by atoms with van der Waals surface area (Å²) >= 11 is 0. The second-order valence-corrected chi connectivity index (χ2v) is 9.31. The van der Waals surface area contributed by atoms with Crippen molar-refractivity contribution in [1.82, 2.24) is 10.2 Å². The lowest BCUT2D eigenvalue weighted by Crippen LogP contribution is -2.51. The number of hydrogen-bond donors (Lipinski definition) is 1. The number of amides is 1. The van der Waals surface area contributed by atoms with Crippen LogP contribution in [-0.2, 0) is 11.2 Å². The molecule has 2 aromatic carbocycles. The maximum atomic E-state index is 13.3. The number of piperidine rings is 1. The summed E-state index contributed by atoms with van der Waals surface area (Å²) in [4.78, 5) is 16.5. The van der Waals surface area contributed by atoms with E-state index in [4.69, 9.17) is 0 Å². The predicted octanol–water partition coefficient (Wildman–Crippen LogP) is 4.41. The lowest BCUT2D eigenvalue weighted by Gasteiger charge is -2.40. The molecule has 4 nitrogen and oxygen atoms in total. The molecule has 0 spiro atoms. The summed E-state index contributed by atoms with van der Waals surface area (Å²) in [7, 11) is 0. The van der Waals surface area contributed by atoms with Crippen molar-refractivity contribution in [1.29, 1.82) is 0 Å². The number of likely N-dealkylation sites (tertiary alicyclic amines) is 1. The van der Waals surface area contributed by atoms with Gasteiger partial charge >= 0.3 is 0 Å². The van der Waals surface area contributed by atoms with Crippen LogP contribution in [0.2, 0.25) is 0 Å². The van der Waals surface area contributed by atoms with Crippen molar-refractivity contribution in [2.45, 2.75) is 56.5 Å². The molecule has 2 unspecified atom stereocenters. The summed E-state index contributed by atoms with van der Waals surface area (Å²) < 4.78 is 13.3. The number of fused-ring (bicyclic) bond motifs is 1. The highest BCUT2D eigenvalue weighted by atomic mass is 19.1. The van der Waals surface area contributed by atoms with Gasteiger partial charge in [0.1, 0.15) is 5.82 Å². The van der Waals surface area contributed by atoms with E-state index in [0.29, 0.717) is 11.8 Å². The van der Waals surface area contributed by atoms with Crippen LogP contribution in [0.25, 0.3) is 0 Å². The van der Waals surface area contributed by atoms with Gasteiger partial charge in [-0.25, -0.2) is 4.39 Å². The number of rotatable bonds is 6. The fourth-order valence-electron chi connectivity index (χ4n) is 5.91. The van der Waals surface area contributed by atoms with E-state index in [1.54, 1.807) is 12.1 Å². The van der Waals surface area contributed by atoms with Gasteiger partial charge in [0.05, 0.1) is 6.17 Å². The van der Waals surface area contributed by atoms with Crippen LogP contribution in [0.4, 0.5) is 10.1 Å². The largest absolute Gasteiger partial charge is 0.372 e. The smallest absolute Gasteiger partial charge is 0.208 e. The molecule has 2 aromatic rings. The first kappa shape index (κ1) is 20.5. The third-order valence-corrected chi connectivity index (χ3v) is 7.61. The molecule has 2 fully saturated rings. The van der Waals surface area contributed by atoms with Crippen molar-refractivity contribution in [2.75, 3.05) is 31.1 Å². The van der Waals surface area contributed by atoms with E-state index in [9.17, 15) is 9.18 Å². The molecule has 1 amide bonds. The summed E-state index contributed by atoms with van der Waals surface area (Å²) in [5, 5.41) is 3.17. The molecule has 0 aromatic heterocycles. The van der Waals surface area contributed by atoms with Gasteiger partial charge in [0.15, 0.2) is 0 Å². The zero-order valence-electron chi connectivity index (χ0n) is 18.1. The zero-order valence-corrected chi connectivity index (χ0v) is 18.1. The number of nitrogens with one attached hydrogen (secondary N) is 1. The molecule has 5 rings (SSSR count). The van der Waals surface area contributed by atoms with Crippen LogP contribution in [0.1, 0.15) is 60.6 Å². The molecule has 1 N–H and O–H groups in total. The van der Waals surface area contributed by atoms with Crippen LogP contribution < -0.4 is 10.2 Å². The summed E-state index contributed by atoms with van der Waals surface area (Å²) in [6.45, 7) is 4.20. The van der Waals surface area contributed by atoms with E-state index in [1.807, 2.05) is 12.1 Å². The van der Waals surface area contributed by atoms with Gasteiger partial charge in [0, 0.05) is 37.8 Å². The molecule has 0 radical (unpaired) electrons. The number of hydrogen-bond acceptors (Lipinski definition) is 3. The van der Waals surface area contributed by atoms with E-state index in [1.165, 1.54) is 35.2 Å². The highest BCUT2D eigenvalue weighted by Gasteiger charge is 2.35. The number of carbonyl (C=O) groups is 1. The molecule has 2 saturated heterocycles. The molecule has 1 aliphatic carbocycles. The van der Waals surface area contributed by atoms with Gasteiger partial charge in [-0.15, -0.1) is 0 Å². The second kappa shape index (κ2) is 8.99. The van der Waals surface area contributed by atoms with Crippen LogP contribution >= 0.6 is 0 Å². The number of benzene rings is 2. The molecule has 0 saturated carbocycles. The Balaban J connectivity index is 1.31. The van der Waals surface area contributed by atoms with Crippen LogP contribution in [0.15, 0.2) is 42.5 Å². The Labute approximate surface area is 184 Å². The van der Waals surface area contributed by atoms with Crippen LogP contribution in [-0.4, -0.2) is 43.7 Å². The van der Waals surface area contributed by atoms with Gasteiger partial charge < -0.3 is 10.2 Å². The average molecular weight is 422 g/mol. The Morgan fingerprint density at radius 3 is 2.42 bits per heavy atom. The third kappa shape index (κ3) is 4.20. The fraction of sp³-hybridized carbons (Fsp3) is 0.500. The minimum absolute atomic E-state index is 0.0433. The maximum Gasteiger partial charge on any atom is 0.208 e. The van der Waals surface area contributed by atoms with Crippen LogP contribution in [0, 0.1) is 5.82 Å². The van der Waals surface area contributed by atoms with Crippen molar-refractivity contribution in [3.8, 4) is 0 Å². The standard InChI is InChI=1S/C26H32FN3O/c27-22-7-3-19(4-8-22)20-11-15-30(16-12-20)26(28-18-31)24-10-6-21-5-9-23(17-25(21)24)29-13-1-2-14-29/h3-5,7-9,17-18,20,24,26H,1-2,6,10-16H2,(H,28,31). The quantitative estimate of drug-likeness (QED) is 0.702. The van der Waals surface area contributed by atoms with Gasteiger partial charge in [0.2, 0.25) is 6.41 Å². The Morgan fingerprint density at radius 2 is 1.71 bits per heavy atom. The van der Waals surface area contributed by atoms with Crippen LogP contribution in [0.3, 0.4) is 0 Å². The number of halogens is 1. The summed E-state index contributed by atoms with van der Waals surface area (Å²) in [5.74, 6) is 0.626. The van der Waals surface area contributed by atoms with E-state index in [0.717, 1.165) is 58.3 Å². The normalized spacial score (nSPS) is 23.0. The van der Waals surface area contributed by atoms with Crippen molar-refractivity contribution in [3.05, 3.63) is 65.0 Å². The lowest BCUT2D eigenvalue weighted by atomic mass is 9.88. The Morgan fingerprint density at radius 1 is 0.968 bits per heavy atom. The Hall–Kier alpha value is -2.40. The average Bonchev–Trinajstić information content (AvgIpc) is 3.48. The van der Waals surface area contributed by atoms with Crippen molar-refractivity contribution >= 4 is 12.1 Å². The molecule has 2 atom stereocenters. The van der Waals surface area contributed by atoms with Gasteiger partial charge in [-0.2, -0.15) is 0 Å². The van der Waals surface area contributed by atoms with Gasteiger partial charge in [0.25, 0.3) is 0 Å². The molecule has 3 aliphatic rings.